The van der Waals surface area contributed by atoms with Crippen LogP contribution in [0.2, 0.25) is 5.15 Å². The highest BCUT2D eigenvalue weighted by Crippen LogP contribution is 2.30. The van der Waals surface area contributed by atoms with Crippen LogP contribution in [0.4, 0.5) is 0 Å². The molecule has 3 N–H and O–H groups in total. The van der Waals surface area contributed by atoms with E-state index in [-0.39, 0.29) is 6.04 Å². The number of hydrogen-bond donors (Lipinski definition) is 2. The summed E-state index contributed by atoms with van der Waals surface area (Å²) in [6, 6.07) is 6.26. The van der Waals surface area contributed by atoms with Gasteiger partial charge in [0.1, 0.15) is 5.15 Å². The fourth-order valence-electron chi connectivity index (χ4n) is 1.75. The fraction of sp³-hybridized carbons (Fsp3) is 0.273. The van der Waals surface area contributed by atoms with Gasteiger partial charge in [0.2, 0.25) is 0 Å². The molecule has 4 heteroatoms. The second-order valence-electron chi connectivity index (χ2n) is 3.76. The molecule has 1 heterocycles. The van der Waals surface area contributed by atoms with E-state index in [1.165, 1.54) is 8.96 Å². The number of hydrogen-bond acceptors (Lipinski definition) is 1. The van der Waals surface area contributed by atoms with Crippen LogP contribution in [0.1, 0.15) is 12.5 Å². The van der Waals surface area contributed by atoms with Gasteiger partial charge in [0.25, 0.3) is 0 Å². The average molecular weight is 335 g/mol. The van der Waals surface area contributed by atoms with Gasteiger partial charge in [-0.3, -0.25) is 0 Å². The highest BCUT2D eigenvalue weighted by molar-refractivity contribution is 14.1. The molecule has 0 saturated heterocycles. The molecular formula is C11H12ClIN2. The highest BCUT2D eigenvalue weighted by atomic mass is 127. The lowest BCUT2D eigenvalue weighted by atomic mass is 10.1. The van der Waals surface area contributed by atoms with Crippen LogP contribution in [0.3, 0.4) is 0 Å². The highest BCUT2D eigenvalue weighted by Gasteiger charge is 2.13. The maximum Gasteiger partial charge on any atom is 0.110 e. The van der Waals surface area contributed by atoms with Crippen molar-refractivity contribution in [1.29, 1.82) is 0 Å². The first-order valence-corrected chi connectivity index (χ1v) is 6.25. The lowest BCUT2D eigenvalue weighted by Crippen LogP contribution is -2.17. The van der Waals surface area contributed by atoms with Crippen molar-refractivity contribution in [2.24, 2.45) is 5.73 Å². The topological polar surface area (TPSA) is 41.8 Å². The molecule has 0 spiro atoms. The second kappa shape index (κ2) is 4.31. The normalized spacial score (nSPS) is 13.3. The predicted molar refractivity (Wildman–Crippen MR) is 73.4 cm³/mol. The minimum atomic E-state index is 0.123. The van der Waals surface area contributed by atoms with Gasteiger partial charge in [0.05, 0.1) is 0 Å². The number of rotatable bonds is 2. The van der Waals surface area contributed by atoms with Crippen LogP contribution < -0.4 is 5.73 Å². The Kier molecular flexibility index (Phi) is 3.23. The average Bonchev–Trinajstić information content (AvgIpc) is 2.43. The van der Waals surface area contributed by atoms with E-state index < -0.39 is 0 Å². The molecule has 1 aromatic carbocycles. The summed E-state index contributed by atoms with van der Waals surface area (Å²) in [4.78, 5) is 3.18. The number of nitrogens with two attached hydrogens (primary N) is 1. The van der Waals surface area contributed by atoms with E-state index in [1.54, 1.807) is 0 Å². The SMILES string of the molecule is CC(N)Cc1c(Cl)[nH]c2cccc(I)c12. The summed E-state index contributed by atoms with van der Waals surface area (Å²) < 4.78 is 1.21. The zero-order valence-corrected chi connectivity index (χ0v) is 11.3. The minimum absolute atomic E-state index is 0.123. The smallest absolute Gasteiger partial charge is 0.110 e. The first-order chi connectivity index (χ1) is 7.09. The maximum absolute atomic E-state index is 6.17. The summed E-state index contributed by atoms with van der Waals surface area (Å²) in [5.41, 5.74) is 8.04. The third-order valence-electron chi connectivity index (χ3n) is 2.35. The molecule has 0 radical (unpaired) electrons. The minimum Gasteiger partial charge on any atom is -0.345 e. The van der Waals surface area contributed by atoms with Crippen molar-refractivity contribution in [2.45, 2.75) is 19.4 Å². The molecule has 1 unspecified atom stereocenters. The van der Waals surface area contributed by atoms with Gasteiger partial charge in [0, 0.05) is 20.5 Å². The van der Waals surface area contributed by atoms with Gasteiger partial charge < -0.3 is 10.7 Å². The van der Waals surface area contributed by atoms with E-state index in [0.29, 0.717) is 5.15 Å². The van der Waals surface area contributed by atoms with Crippen LogP contribution in [-0.4, -0.2) is 11.0 Å². The van der Waals surface area contributed by atoms with Crippen LogP contribution in [-0.2, 0) is 6.42 Å². The van der Waals surface area contributed by atoms with Crippen molar-refractivity contribution in [2.75, 3.05) is 0 Å². The molecule has 1 atom stereocenters. The Labute approximate surface area is 107 Å². The zero-order valence-electron chi connectivity index (χ0n) is 8.35. The van der Waals surface area contributed by atoms with E-state index in [2.05, 4.69) is 33.6 Å². The van der Waals surface area contributed by atoms with Gasteiger partial charge >= 0.3 is 0 Å². The third-order valence-corrected chi connectivity index (χ3v) is 3.57. The monoisotopic (exact) mass is 334 g/mol. The van der Waals surface area contributed by atoms with Gasteiger partial charge in [0.15, 0.2) is 0 Å². The Morgan fingerprint density at radius 3 is 2.93 bits per heavy atom. The van der Waals surface area contributed by atoms with Crippen molar-refractivity contribution >= 4 is 45.1 Å². The van der Waals surface area contributed by atoms with Crippen LogP contribution in [0, 0.1) is 3.57 Å². The Balaban J connectivity index is 2.65. The van der Waals surface area contributed by atoms with Crippen LogP contribution >= 0.6 is 34.2 Å². The maximum atomic E-state index is 6.17. The molecular weight excluding hydrogens is 322 g/mol. The summed E-state index contributed by atoms with van der Waals surface area (Å²) in [5, 5.41) is 1.92. The van der Waals surface area contributed by atoms with Crippen molar-refractivity contribution in [1.82, 2.24) is 4.98 Å². The van der Waals surface area contributed by atoms with Crippen LogP contribution in [0.15, 0.2) is 18.2 Å². The number of nitrogens with one attached hydrogen (secondary N) is 1. The summed E-state index contributed by atoms with van der Waals surface area (Å²) in [5.74, 6) is 0. The van der Waals surface area contributed by atoms with E-state index in [0.717, 1.165) is 17.5 Å². The molecule has 2 aromatic rings. The zero-order chi connectivity index (χ0) is 11.0. The van der Waals surface area contributed by atoms with Gasteiger partial charge in [-0.25, -0.2) is 0 Å². The number of H-pyrrole nitrogens is 1. The number of aromatic nitrogens is 1. The van der Waals surface area contributed by atoms with Gasteiger partial charge in [-0.2, -0.15) is 0 Å². The molecule has 0 amide bonds. The standard InChI is InChI=1S/C11H12ClIN2/c1-6(14)5-7-10-8(13)3-2-4-9(10)15-11(7)12/h2-4,6,15H,5,14H2,1H3. The molecule has 15 heavy (non-hydrogen) atoms. The van der Waals surface area contributed by atoms with Crippen molar-refractivity contribution in [3.63, 3.8) is 0 Å². The van der Waals surface area contributed by atoms with E-state index in [4.69, 9.17) is 17.3 Å². The van der Waals surface area contributed by atoms with Gasteiger partial charge in [-0.1, -0.05) is 17.7 Å². The van der Waals surface area contributed by atoms with Crippen LogP contribution in [0.25, 0.3) is 10.9 Å². The molecule has 0 saturated carbocycles. The summed E-state index contributed by atoms with van der Waals surface area (Å²) >= 11 is 8.49. The molecule has 2 rings (SSSR count). The fourth-order valence-corrected chi connectivity index (χ4v) is 2.85. The molecule has 0 fully saturated rings. The third kappa shape index (κ3) is 2.14. The number of aromatic amines is 1. The van der Waals surface area contributed by atoms with Gasteiger partial charge in [-0.05, 0) is 53.6 Å². The molecule has 0 aliphatic carbocycles. The second-order valence-corrected chi connectivity index (χ2v) is 5.30. The molecule has 2 nitrogen and oxygen atoms in total. The van der Waals surface area contributed by atoms with Crippen molar-refractivity contribution < 1.29 is 0 Å². The first-order valence-electron chi connectivity index (χ1n) is 4.79. The molecule has 1 aromatic heterocycles. The largest absolute Gasteiger partial charge is 0.345 e. The summed E-state index contributed by atoms with van der Waals surface area (Å²) in [6.07, 6.45) is 0.804. The predicted octanol–water partition coefficient (Wildman–Crippen LogP) is 3.32. The van der Waals surface area contributed by atoms with Crippen molar-refractivity contribution in [3.8, 4) is 0 Å². The molecule has 80 valence electrons. The number of benzene rings is 1. The van der Waals surface area contributed by atoms with Crippen molar-refractivity contribution in [3.05, 3.63) is 32.5 Å². The lowest BCUT2D eigenvalue weighted by Gasteiger charge is -2.05. The lowest BCUT2D eigenvalue weighted by molar-refractivity contribution is 0.741. The van der Waals surface area contributed by atoms with E-state index in [1.807, 2.05) is 19.1 Å². The quantitative estimate of drug-likeness (QED) is 0.813. The Hall–Kier alpha value is -0.260. The summed E-state index contributed by atoms with van der Waals surface area (Å²) in [6.45, 7) is 1.99. The first kappa shape index (κ1) is 11.2. The summed E-state index contributed by atoms with van der Waals surface area (Å²) in [7, 11) is 0. The molecule has 0 bridgehead atoms. The molecule has 0 aliphatic heterocycles. The Bertz CT molecular complexity index is 491. The van der Waals surface area contributed by atoms with Gasteiger partial charge in [-0.15, -0.1) is 0 Å². The van der Waals surface area contributed by atoms with E-state index >= 15 is 0 Å². The number of halogens is 2. The van der Waals surface area contributed by atoms with E-state index in [9.17, 15) is 0 Å². The van der Waals surface area contributed by atoms with Crippen LogP contribution in [0.5, 0.6) is 0 Å². The Morgan fingerprint density at radius 1 is 1.53 bits per heavy atom. The Morgan fingerprint density at radius 2 is 2.27 bits per heavy atom. The molecule has 0 aliphatic rings. The number of fused-ring (bicyclic) bond motifs is 1.